The topological polar surface area (TPSA) is 57.0 Å². The Morgan fingerprint density at radius 2 is 1.60 bits per heavy atom. The van der Waals surface area contributed by atoms with Crippen molar-refractivity contribution in [2.24, 2.45) is 11.5 Å². The average molecular weight is 812 g/mol. The van der Waals surface area contributed by atoms with E-state index < -0.39 is 0 Å². The molecule has 0 aliphatic carbocycles. The third kappa shape index (κ3) is 7.26. The van der Waals surface area contributed by atoms with Crippen LogP contribution in [-0.2, 0) is 0 Å². The van der Waals surface area contributed by atoms with Crippen LogP contribution in [0.4, 0.5) is 0 Å². The monoisotopic (exact) mass is 811 g/mol. The summed E-state index contributed by atoms with van der Waals surface area (Å²) in [5.74, 6) is 0. The number of aromatic nitrogens is 1. The van der Waals surface area contributed by atoms with Crippen LogP contribution in [0, 0.1) is 51.5 Å². The van der Waals surface area contributed by atoms with Crippen LogP contribution in [0.1, 0.15) is 29.3 Å². The molecule has 0 saturated carbocycles. The van der Waals surface area contributed by atoms with Gasteiger partial charge >= 0.3 is 31.1 Å². The number of nitrogens with zero attached hydrogens (tertiary/aromatic N) is 1. The number of benzene rings is 4. The first-order valence-electron chi connectivity index (χ1n) is 14.3. The van der Waals surface area contributed by atoms with E-state index in [0.29, 0.717) is 0 Å². The van der Waals surface area contributed by atoms with Gasteiger partial charge in [0.25, 0.3) is 0 Å². The van der Waals surface area contributed by atoms with E-state index in [4.69, 9.17) is 11.5 Å². The van der Waals surface area contributed by atoms with Crippen LogP contribution < -0.4 is 11.5 Å². The second-order valence-electron chi connectivity index (χ2n) is 10.2. The molecule has 4 N–H and O–H groups in total. The van der Waals surface area contributed by atoms with Crippen LogP contribution >= 0.6 is 0 Å². The Kier molecular flexibility index (Phi) is 12.4. The first-order valence-corrected chi connectivity index (χ1v) is 14.3. The second kappa shape index (κ2) is 16.0. The minimum atomic E-state index is 0. The average Bonchev–Trinajstić information content (AvgIpc) is 3.38. The molecule has 1 aromatic heterocycles. The fourth-order valence-electron chi connectivity index (χ4n) is 5.52. The van der Waals surface area contributed by atoms with Crippen molar-refractivity contribution in [2.75, 3.05) is 0 Å². The van der Waals surface area contributed by atoms with Crippen LogP contribution in [0.25, 0.3) is 56.6 Å². The summed E-state index contributed by atoms with van der Waals surface area (Å²) >= 11 is 0. The molecule has 0 radical (unpaired) electrons. The summed E-state index contributed by atoms with van der Waals surface area (Å²) in [6.07, 6.45) is 14.8. The molecule has 0 bridgehead atoms. The molecule has 45 heavy (non-hydrogen) atoms. The number of nitrogens with two attached hydrogens (primary N) is 2. The zero-order chi connectivity index (χ0) is 30.3. The van der Waals surface area contributed by atoms with Crippen LogP contribution in [0.3, 0.4) is 0 Å². The third-order valence-electron chi connectivity index (χ3n) is 7.65. The summed E-state index contributed by atoms with van der Waals surface area (Å²) in [7, 11) is 0. The fraction of sp³-hybridized carbons (Fsp3) is 0.0488. The summed E-state index contributed by atoms with van der Waals surface area (Å²) < 4.78 is 2.28. The van der Waals surface area contributed by atoms with Gasteiger partial charge < -0.3 is 23.5 Å². The van der Waals surface area contributed by atoms with E-state index in [2.05, 4.69) is 122 Å². The molecule has 4 aromatic carbocycles. The molecule has 0 atom stereocenters. The Balaban J connectivity index is 0.00000276. The van der Waals surface area contributed by atoms with E-state index in [0.717, 1.165) is 67.0 Å². The molecule has 0 aliphatic heterocycles. The molecule has 1 heterocycles. The summed E-state index contributed by atoms with van der Waals surface area (Å²) in [4.78, 5) is 0. The number of allylic oxidation sites excluding steroid dienone is 6. The summed E-state index contributed by atoms with van der Waals surface area (Å²) in [5.41, 5.74) is 23.0. The number of hydrogen-bond donors (Lipinski definition) is 2. The first-order chi connectivity index (χ1) is 21.0. The molecule has 0 unspecified atom stereocenters. The number of aryl methyl sites for hydroxylation is 1. The van der Waals surface area contributed by atoms with Crippen molar-refractivity contribution in [1.82, 2.24) is 4.57 Å². The number of hydrogen-bond acceptors (Lipinski definition) is 2. The van der Waals surface area contributed by atoms with Gasteiger partial charge in [-0.1, -0.05) is 111 Å². The van der Waals surface area contributed by atoms with E-state index in [1.54, 1.807) is 18.5 Å². The number of rotatable bonds is 9. The predicted octanol–water partition coefficient (Wildman–Crippen LogP) is 10.1. The second-order valence-corrected chi connectivity index (χ2v) is 10.2. The third-order valence-corrected chi connectivity index (χ3v) is 7.65. The maximum Gasteiger partial charge on any atom is 2.00 e. The Morgan fingerprint density at radius 3 is 2.31 bits per heavy atom. The van der Waals surface area contributed by atoms with E-state index in [1.807, 2.05) is 31.2 Å². The summed E-state index contributed by atoms with van der Waals surface area (Å²) in [6.45, 7) is 12.2. The van der Waals surface area contributed by atoms with Crippen molar-refractivity contribution in [3.8, 4) is 28.1 Å². The molecule has 0 fully saturated rings. The SMILES string of the molecule is C=CC(/C=C/c1[c-]c(C)c(-c2ccc(-c3cccc(C(/C=C\N)=C/C)c3)cc2C=C)n1-c1cccc2ccccc12)=C\N.[CH3-].[U+2]. The maximum atomic E-state index is 5.82. The Labute approximate surface area is 292 Å². The molecule has 5 rings (SSSR count). The van der Waals surface area contributed by atoms with Crippen molar-refractivity contribution < 1.29 is 31.1 Å². The van der Waals surface area contributed by atoms with Gasteiger partial charge in [-0.3, -0.25) is 0 Å². The van der Waals surface area contributed by atoms with Crippen molar-refractivity contribution in [1.29, 1.82) is 0 Å². The van der Waals surface area contributed by atoms with Gasteiger partial charge in [-0.15, -0.1) is 17.7 Å². The van der Waals surface area contributed by atoms with Crippen molar-refractivity contribution in [2.45, 2.75) is 13.8 Å². The van der Waals surface area contributed by atoms with E-state index in [1.165, 1.54) is 5.39 Å². The summed E-state index contributed by atoms with van der Waals surface area (Å²) in [5, 5.41) is 2.33. The van der Waals surface area contributed by atoms with Crippen LogP contribution in [0.15, 0.2) is 140 Å². The molecule has 222 valence electrons. The van der Waals surface area contributed by atoms with Gasteiger partial charge in [-0.2, -0.15) is 6.07 Å². The van der Waals surface area contributed by atoms with E-state index >= 15 is 0 Å². The normalized spacial score (nSPS) is 11.9. The zero-order valence-electron chi connectivity index (χ0n) is 26.2. The molecular formula is C41H39N3U. The van der Waals surface area contributed by atoms with Gasteiger partial charge in [0.1, 0.15) is 0 Å². The van der Waals surface area contributed by atoms with Gasteiger partial charge in [0.15, 0.2) is 0 Å². The maximum absolute atomic E-state index is 5.82. The van der Waals surface area contributed by atoms with Crippen LogP contribution in [0.5, 0.6) is 0 Å². The van der Waals surface area contributed by atoms with Gasteiger partial charge in [-0.25, -0.2) is 0 Å². The first kappa shape index (κ1) is 35.0. The summed E-state index contributed by atoms with van der Waals surface area (Å²) in [6, 6.07) is 33.6. The standard InChI is InChI=1S/C40H36N3.CH3.U/c1-5-29(27-42)18-20-36-24-28(4)40(43(36)39-17-11-13-32-12-8-9-16-37(32)39)38-21-19-35(25-31(38)7-3)34-15-10-14-33(26-34)30(6-2)22-23-41;;/h5-23,25-27H,1,3,41-42H2,2,4H3;1H3;/q2*-1;+2/b20-18+,23-22-,29-27+,30-6+;;. The molecule has 0 amide bonds. The minimum Gasteiger partial charge on any atom is -0.405 e. The van der Waals surface area contributed by atoms with Gasteiger partial charge in [-0.05, 0) is 87.4 Å². The molecular weight excluding hydrogens is 773 g/mol. The fourth-order valence-corrected chi connectivity index (χ4v) is 5.52. The van der Waals surface area contributed by atoms with Crippen LogP contribution in [-0.4, -0.2) is 4.57 Å². The quantitative estimate of drug-likeness (QED) is 0.115. The molecule has 3 nitrogen and oxygen atoms in total. The predicted molar refractivity (Wildman–Crippen MR) is 193 cm³/mol. The van der Waals surface area contributed by atoms with Gasteiger partial charge in [0, 0.05) is 17.3 Å². The Bertz CT molecular complexity index is 1940. The zero-order valence-corrected chi connectivity index (χ0v) is 30.4. The van der Waals surface area contributed by atoms with Crippen LogP contribution in [0.2, 0.25) is 0 Å². The largest absolute Gasteiger partial charge is 2.00 e. The molecule has 5 aromatic rings. The van der Waals surface area contributed by atoms with Crippen molar-refractivity contribution in [3.63, 3.8) is 0 Å². The molecule has 0 spiro atoms. The molecule has 0 saturated heterocycles. The van der Waals surface area contributed by atoms with Gasteiger partial charge in [0.05, 0.1) is 0 Å². The number of fused-ring (bicyclic) bond motifs is 1. The van der Waals surface area contributed by atoms with E-state index in [9.17, 15) is 0 Å². The molecule has 0 aliphatic rings. The van der Waals surface area contributed by atoms with Crippen molar-refractivity contribution >= 4 is 28.5 Å². The minimum absolute atomic E-state index is 0. The Morgan fingerprint density at radius 1 is 0.867 bits per heavy atom. The van der Waals surface area contributed by atoms with Gasteiger partial charge in [0.2, 0.25) is 0 Å². The smallest absolute Gasteiger partial charge is 0.405 e. The van der Waals surface area contributed by atoms with Crippen molar-refractivity contribution in [3.05, 3.63) is 176 Å². The van der Waals surface area contributed by atoms with E-state index in [-0.39, 0.29) is 38.5 Å². The molecule has 4 heteroatoms. The Hall–Kier alpha value is -4.49.